The molecule has 0 bridgehead atoms. The number of nitrogens with one attached hydrogen (secondary N) is 2. The Morgan fingerprint density at radius 1 is 0.815 bits per heavy atom. The van der Waals surface area contributed by atoms with E-state index in [1.54, 1.807) is 0 Å². The van der Waals surface area contributed by atoms with Crippen LogP contribution in [-0.4, -0.2) is 32.3 Å². The van der Waals surface area contributed by atoms with Gasteiger partial charge in [0, 0.05) is 12.1 Å². The van der Waals surface area contributed by atoms with Gasteiger partial charge in [0.15, 0.2) is 11.5 Å². The summed E-state index contributed by atoms with van der Waals surface area (Å²) in [6.45, 7) is 14.0. The fourth-order valence-corrected chi connectivity index (χ4v) is 2.56. The molecular formula is C21H39N3O3. The Morgan fingerprint density at radius 3 is 1.63 bits per heavy atom. The van der Waals surface area contributed by atoms with Crippen LogP contribution >= 0.6 is 0 Å². The van der Waals surface area contributed by atoms with E-state index < -0.39 is 0 Å². The second-order valence-corrected chi connectivity index (χ2v) is 7.23. The van der Waals surface area contributed by atoms with Crippen molar-refractivity contribution in [3.8, 4) is 17.2 Å². The van der Waals surface area contributed by atoms with Gasteiger partial charge < -0.3 is 14.2 Å². The molecule has 0 saturated heterocycles. The number of nitrogens with two attached hydrogens (primary N) is 1. The zero-order chi connectivity index (χ0) is 20.2. The van der Waals surface area contributed by atoms with E-state index in [-0.39, 0.29) is 6.73 Å². The third kappa shape index (κ3) is 7.95. The average molecular weight is 382 g/mol. The molecule has 0 aliphatic carbocycles. The molecule has 0 aromatic heterocycles. The standard InChI is InChI=1S/C21H39N3O3/c1-7-15(3)17(5)23-13-26-19-10-9-11-20(21(19)25-12-22)27-14-24-18(6)16(4)8-2/h9-11,15-18,23-24H,7-8,12-14,22H2,1-6H3. The quantitative estimate of drug-likeness (QED) is 0.427. The smallest absolute Gasteiger partial charge is 0.205 e. The lowest BCUT2D eigenvalue weighted by Crippen LogP contribution is -2.35. The van der Waals surface area contributed by atoms with E-state index in [1.807, 2.05) is 18.2 Å². The monoisotopic (exact) mass is 381 g/mol. The van der Waals surface area contributed by atoms with Crippen molar-refractivity contribution < 1.29 is 14.2 Å². The van der Waals surface area contributed by atoms with Crippen molar-refractivity contribution in [3.63, 3.8) is 0 Å². The molecule has 0 radical (unpaired) electrons. The maximum atomic E-state index is 5.89. The highest BCUT2D eigenvalue weighted by atomic mass is 16.6. The molecule has 6 heteroatoms. The van der Waals surface area contributed by atoms with Crippen LogP contribution in [0.1, 0.15) is 54.4 Å². The van der Waals surface area contributed by atoms with Crippen LogP contribution in [0.2, 0.25) is 0 Å². The third-order valence-corrected chi connectivity index (χ3v) is 5.43. The number of hydrogen-bond acceptors (Lipinski definition) is 6. The lowest BCUT2D eigenvalue weighted by Gasteiger charge is -2.22. The summed E-state index contributed by atoms with van der Waals surface area (Å²) in [5, 5.41) is 6.77. The first-order valence-corrected chi connectivity index (χ1v) is 10.1. The average Bonchev–Trinajstić information content (AvgIpc) is 2.68. The first kappa shape index (κ1) is 23.5. The summed E-state index contributed by atoms with van der Waals surface area (Å²) in [6, 6.07) is 6.37. The minimum Gasteiger partial charge on any atom is -0.474 e. The largest absolute Gasteiger partial charge is 0.474 e. The van der Waals surface area contributed by atoms with Gasteiger partial charge in [0.1, 0.15) is 20.2 Å². The van der Waals surface area contributed by atoms with Gasteiger partial charge in [0.2, 0.25) is 5.75 Å². The molecule has 0 amide bonds. The van der Waals surface area contributed by atoms with Crippen molar-refractivity contribution in [2.24, 2.45) is 17.6 Å². The normalized spacial score (nSPS) is 15.7. The first-order chi connectivity index (χ1) is 12.9. The van der Waals surface area contributed by atoms with Gasteiger partial charge >= 0.3 is 0 Å². The second kappa shape index (κ2) is 12.8. The molecule has 4 N–H and O–H groups in total. The SMILES string of the molecule is CCC(C)C(C)NCOc1cccc(OCNC(C)C(C)CC)c1OCN. The molecule has 27 heavy (non-hydrogen) atoms. The number of para-hydroxylation sites is 1. The molecule has 6 nitrogen and oxygen atoms in total. The number of rotatable bonds is 14. The summed E-state index contributed by atoms with van der Waals surface area (Å²) in [7, 11) is 0. The highest BCUT2D eigenvalue weighted by Crippen LogP contribution is 2.37. The molecule has 1 aromatic carbocycles. The zero-order valence-corrected chi connectivity index (χ0v) is 17.9. The number of ether oxygens (including phenoxy) is 3. The highest BCUT2D eigenvalue weighted by molar-refractivity contribution is 5.51. The summed E-state index contributed by atoms with van der Waals surface area (Å²) in [4.78, 5) is 0. The van der Waals surface area contributed by atoms with E-state index in [0.29, 0.717) is 54.6 Å². The number of benzene rings is 1. The Bertz CT molecular complexity index is 487. The fourth-order valence-electron chi connectivity index (χ4n) is 2.56. The summed E-state index contributed by atoms with van der Waals surface area (Å²) < 4.78 is 17.4. The summed E-state index contributed by atoms with van der Waals surface area (Å²) in [5.41, 5.74) is 5.60. The van der Waals surface area contributed by atoms with Crippen molar-refractivity contribution in [3.05, 3.63) is 18.2 Å². The molecule has 1 rings (SSSR count). The van der Waals surface area contributed by atoms with Gasteiger partial charge in [-0.2, -0.15) is 0 Å². The number of hydrogen-bond donors (Lipinski definition) is 3. The summed E-state index contributed by atoms with van der Waals surface area (Å²) in [5.74, 6) is 2.95. The van der Waals surface area contributed by atoms with Gasteiger partial charge in [-0.25, -0.2) is 0 Å². The van der Waals surface area contributed by atoms with Crippen molar-refractivity contribution in [2.45, 2.75) is 66.5 Å². The predicted octanol–water partition coefficient (Wildman–Crippen LogP) is 3.70. The maximum absolute atomic E-state index is 5.89. The van der Waals surface area contributed by atoms with Gasteiger partial charge in [-0.1, -0.05) is 46.6 Å². The van der Waals surface area contributed by atoms with E-state index >= 15 is 0 Å². The van der Waals surface area contributed by atoms with E-state index in [2.05, 4.69) is 52.2 Å². The molecule has 4 atom stereocenters. The van der Waals surface area contributed by atoms with E-state index in [9.17, 15) is 0 Å². The fraction of sp³-hybridized carbons (Fsp3) is 0.714. The van der Waals surface area contributed by atoms with Crippen molar-refractivity contribution in [2.75, 3.05) is 20.2 Å². The molecule has 0 saturated carbocycles. The highest BCUT2D eigenvalue weighted by Gasteiger charge is 2.15. The summed E-state index contributed by atoms with van der Waals surface area (Å²) in [6.07, 6.45) is 2.25. The summed E-state index contributed by atoms with van der Waals surface area (Å²) >= 11 is 0. The van der Waals surface area contributed by atoms with Gasteiger partial charge in [-0.05, 0) is 37.8 Å². The van der Waals surface area contributed by atoms with Crippen molar-refractivity contribution in [1.29, 1.82) is 0 Å². The molecule has 1 aromatic rings. The van der Waals surface area contributed by atoms with Crippen LogP contribution in [0.5, 0.6) is 17.2 Å². The predicted molar refractivity (Wildman–Crippen MR) is 111 cm³/mol. The third-order valence-electron chi connectivity index (χ3n) is 5.43. The Kier molecular flexibility index (Phi) is 11.2. The van der Waals surface area contributed by atoms with E-state index in [4.69, 9.17) is 19.9 Å². The van der Waals surface area contributed by atoms with Crippen LogP contribution in [-0.2, 0) is 0 Å². The minimum atomic E-state index is 0.0597. The molecule has 0 spiro atoms. The Hall–Kier alpha value is -1.50. The molecule has 0 aliphatic heterocycles. The zero-order valence-electron chi connectivity index (χ0n) is 17.9. The molecule has 0 aliphatic rings. The van der Waals surface area contributed by atoms with Crippen molar-refractivity contribution >= 4 is 0 Å². The molecule has 0 fully saturated rings. The van der Waals surface area contributed by atoms with Gasteiger partial charge in [0.05, 0.1) is 0 Å². The minimum absolute atomic E-state index is 0.0597. The second-order valence-electron chi connectivity index (χ2n) is 7.23. The Labute approximate surface area is 165 Å². The van der Waals surface area contributed by atoms with Crippen LogP contribution in [0.4, 0.5) is 0 Å². The molecule has 0 heterocycles. The molecule has 4 unspecified atom stereocenters. The van der Waals surface area contributed by atoms with Gasteiger partial charge in [-0.15, -0.1) is 0 Å². The Balaban J connectivity index is 2.67. The molecule has 156 valence electrons. The van der Waals surface area contributed by atoms with Gasteiger partial charge in [0.25, 0.3) is 0 Å². The topological polar surface area (TPSA) is 77.8 Å². The Morgan fingerprint density at radius 2 is 1.26 bits per heavy atom. The van der Waals surface area contributed by atoms with Gasteiger partial charge in [-0.3, -0.25) is 16.4 Å². The van der Waals surface area contributed by atoms with Crippen LogP contribution in [0, 0.1) is 11.8 Å². The maximum Gasteiger partial charge on any atom is 0.205 e. The van der Waals surface area contributed by atoms with Crippen LogP contribution < -0.4 is 30.6 Å². The van der Waals surface area contributed by atoms with Crippen LogP contribution in [0.25, 0.3) is 0 Å². The lowest BCUT2D eigenvalue weighted by atomic mass is 10.0. The molecular weight excluding hydrogens is 342 g/mol. The first-order valence-electron chi connectivity index (χ1n) is 10.1. The van der Waals surface area contributed by atoms with E-state index in [0.717, 1.165) is 12.8 Å². The van der Waals surface area contributed by atoms with Crippen LogP contribution in [0.3, 0.4) is 0 Å². The van der Waals surface area contributed by atoms with E-state index in [1.165, 1.54) is 0 Å². The van der Waals surface area contributed by atoms with Crippen LogP contribution in [0.15, 0.2) is 18.2 Å². The lowest BCUT2D eigenvalue weighted by molar-refractivity contribution is 0.208. The van der Waals surface area contributed by atoms with Crippen molar-refractivity contribution in [1.82, 2.24) is 10.6 Å².